The molecule has 2 aromatic heterocycles. The van der Waals surface area contributed by atoms with Gasteiger partial charge in [0.1, 0.15) is 11.3 Å². The fraction of sp³-hybridized carbons (Fsp3) is 0.0213. The molecule has 3 nitrogen and oxygen atoms in total. The van der Waals surface area contributed by atoms with Gasteiger partial charge in [-0.3, -0.25) is 0 Å². The van der Waals surface area contributed by atoms with E-state index >= 15 is 0 Å². The van der Waals surface area contributed by atoms with E-state index in [4.69, 9.17) is 14.4 Å². The zero-order valence-corrected chi connectivity index (χ0v) is 27.0. The van der Waals surface area contributed by atoms with Gasteiger partial charge in [0.25, 0.3) is 0 Å². The molecule has 50 heavy (non-hydrogen) atoms. The quantitative estimate of drug-likeness (QED) is 0.194. The van der Waals surface area contributed by atoms with Crippen LogP contribution in [-0.4, -0.2) is 9.97 Å². The van der Waals surface area contributed by atoms with Crippen LogP contribution in [0, 0.1) is 0 Å². The number of fused-ring (bicyclic) bond motifs is 13. The first-order chi connectivity index (χ1) is 24.8. The van der Waals surface area contributed by atoms with Crippen molar-refractivity contribution >= 4 is 21.7 Å². The van der Waals surface area contributed by atoms with Crippen molar-refractivity contribution in [1.82, 2.24) is 9.97 Å². The van der Waals surface area contributed by atoms with Crippen LogP contribution in [0.5, 0.6) is 0 Å². The van der Waals surface area contributed by atoms with Gasteiger partial charge in [-0.25, -0.2) is 9.97 Å². The number of para-hydroxylation sites is 1. The molecule has 9 aromatic rings. The van der Waals surface area contributed by atoms with E-state index in [0.29, 0.717) is 5.82 Å². The van der Waals surface area contributed by atoms with E-state index in [9.17, 15) is 0 Å². The van der Waals surface area contributed by atoms with Crippen molar-refractivity contribution in [2.75, 3.05) is 0 Å². The lowest BCUT2D eigenvalue weighted by Crippen LogP contribution is -2.26. The summed E-state index contributed by atoms with van der Waals surface area (Å²) in [6, 6.07) is 60.4. The maximum atomic E-state index is 6.85. The van der Waals surface area contributed by atoms with Gasteiger partial charge < -0.3 is 4.42 Å². The molecule has 11 rings (SSSR count). The molecule has 0 amide bonds. The smallest absolute Gasteiger partial charge is 0.160 e. The molecule has 2 aliphatic carbocycles. The van der Waals surface area contributed by atoms with Crippen molar-refractivity contribution < 1.29 is 4.42 Å². The summed E-state index contributed by atoms with van der Waals surface area (Å²) < 4.78 is 6.85. The first kappa shape index (κ1) is 27.4. The lowest BCUT2D eigenvalue weighted by atomic mass is 9.68. The molecule has 0 aliphatic heterocycles. The fourth-order valence-electron chi connectivity index (χ4n) is 8.75. The molecule has 232 valence electrons. The maximum Gasteiger partial charge on any atom is 0.160 e. The minimum absolute atomic E-state index is 0.599. The zero-order chi connectivity index (χ0) is 32.8. The van der Waals surface area contributed by atoms with Crippen molar-refractivity contribution in [3.63, 3.8) is 0 Å². The maximum absolute atomic E-state index is 6.85. The van der Waals surface area contributed by atoms with Crippen molar-refractivity contribution in [2.45, 2.75) is 5.41 Å². The number of hydrogen-bond acceptors (Lipinski definition) is 3. The Labute approximate surface area is 289 Å². The molecular formula is C47H28N2O. The second kappa shape index (κ2) is 10.2. The summed E-state index contributed by atoms with van der Waals surface area (Å²) in [6.07, 6.45) is 0. The topological polar surface area (TPSA) is 38.9 Å². The first-order valence-electron chi connectivity index (χ1n) is 17.1. The van der Waals surface area contributed by atoms with E-state index in [1.165, 1.54) is 38.8 Å². The van der Waals surface area contributed by atoms with Crippen LogP contribution >= 0.6 is 0 Å². The molecule has 2 heterocycles. The van der Waals surface area contributed by atoms with E-state index < -0.39 is 5.41 Å². The van der Waals surface area contributed by atoms with Gasteiger partial charge in [-0.15, -0.1) is 0 Å². The Balaban J connectivity index is 1.27. The lowest BCUT2D eigenvalue weighted by molar-refractivity contribution is 0.628. The molecular weight excluding hydrogens is 609 g/mol. The summed E-state index contributed by atoms with van der Waals surface area (Å²) in [6.45, 7) is 0. The highest BCUT2D eigenvalue weighted by molar-refractivity contribution is 6.04. The van der Waals surface area contributed by atoms with E-state index in [0.717, 1.165) is 55.8 Å². The van der Waals surface area contributed by atoms with Crippen LogP contribution in [0.2, 0.25) is 0 Å². The van der Waals surface area contributed by atoms with Gasteiger partial charge >= 0.3 is 0 Å². The third-order valence-electron chi connectivity index (χ3n) is 10.7. The molecule has 0 atom stereocenters. The molecule has 0 saturated carbocycles. The highest BCUT2D eigenvalue weighted by Gasteiger charge is 2.55. The summed E-state index contributed by atoms with van der Waals surface area (Å²) in [5.41, 5.74) is 13.8. The SMILES string of the molecule is c1ccc(-c2nc(-c3cccc4c3C3(c5ccccc5-c5ccccc53)c3c-4oc4ccccc34)cc(-c3cccc4ccccc34)n2)cc1. The number of benzene rings is 7. The van der Waals surface area contributed by atoms with E-state index in [1.54, 1.807) is 0 Å². The van der Waals surface area contributed by atoms with Gasteiger partial charge in [-0.2, -0.15) is 0 Å². The van der Waals surface area contributed by atoms with Crippen molar-refractivity contribution in [2.24, 2.45) is 0 Å². The van der Waals surface area contributed by atoms with Crippen LogP contribution < -0.4 is 0 Å². The van der Waals surface area contributed by atoms with Crippen LogP contribution in [0.25, 0.3) is 78.1 Å². The summed E-state index contributed by atoms with van der Waals surface area (Å²) >= 11 is 0. The molecule has 0 saturated heterocycles. The van der Waals surface area contributed by atoms with Crippen LogP contribution in [0.15, 0.2) is 174 Å². The molecule has 0 N–H and O–H groups in total. The third kappa shape index (κ3) is 3.58. The van der Waals surface area contributed by atoms with Crippen molar-refractivity contribution in [1.29, 1.82) is 0 Å². The number of nitrogens with zero attached hydrogens (tertiary/aromatic N) is 2. The number of hydrogen-bond donors (Lipinski definition) is 0. The molecule has 0 unspecified atom stereocenters. The Hall–Kier alpha value is -6.58. The van der Waals surface area contributed by atoms with Crippen LogP contribution in [0.3, 0.4) is 0 Å². The number of furan rings is 1. The van der Waals surface area contributed by atoms with Gasteiger partial charge in [-0.05, 0) is 50.7 Å². The van der Waals surface area contributed by atoms with E-state index in [1.807, 2.05) is 18.2 Å². The van der Waals surface area contributed by atoms with E-state index in [2.05, 4.69) is 152 Å². The molecule has 0 fully saturated rings. The van der Waals surface area contributed by atoms with Gasteiger partial charge in [-0.1, -0.05) is 158 Å². The minimum Gasteiger partial charge on any atom is -0.456 e. The van der Waals surface area contributed by atoms with E-state index in [-0.39, 0.29) is 0 Å². The molecule has 1 spiro atoms. The molecule has 7 aromatic carbocycles. The minimum atomic E-state index is -0.599. The van der Waals surface area contributed by atoms with Crippen LogP contribution in [0.4, 0.5) is 0 Å². The number of aromatic nitrogens is 2. The summed E-state index contributed by atoms with van der Waals surface area (Å²) in [5.74, 6) is 1.63. The molecule has 2 aliphatic rings. The fourth-order valence-corrected chi connectivity index (χ4v) is 8.75. The van der Waals surface area contributed by atoms with Gasteiger partial charge in [0, 0.05) is 33.2 Å². The average Bonchev–Trinajstić information content (AvgIpc) is 3.81. The third-order valence-corrected chi connectivity index (χ3v) is 10.7. The first-order valence-corrected chi connectivity index (χ1v) is 17.1. The predicted octanol–water partition coefficient (Wildman–Crippen LogP) is 11.7. The summed E-state index contributed by atoms with van der Waals surface area (Å²) in [4.78, 5) is 10.6. The Bertz CT molecular complexity index is 2780. The summed E-state index contributed by atoms with van der Waals surface area (Å²) in [5, 5.41) is 3.49. The second-order valence-corrected chi connectivity index (χ2v) is 13.2. The Morgan fingerprint density at radius 1 is 0.420 bits per heavy atom. The highest BCUT2D eigenvalue weighted by Crippen LogP contribution is 2.66. The summed E-state index contributed by atoms with van der Waals surface area (Å²) in [7, 11) is 0. The van der Waals surface area contributed by atoms with Crippen molar-refractivity contribution in [3.8, 4) is 56.4 Å². The molecule has 3 heteroatoms. The number of rotatable bonds is 3. The highest BCUT2D eigenvalue weighted by atomic mass is 16.3. The monoisotopic (exact) mass is 636 g/mol. The van der Waals surface area contributed by atoms with Crippen LogP contribution in [-0.2, 0) is 5.41 Å². The second-order valence-electron chi connectivity index (χ2n) is 13.2. The van der Waals surface area contributed by atoms with Crippen molar-refractivity contribution in [3.05, 3.63) is 192 Å². The molecule has 0 bridgehead atoms. The lowest BCUT2D eigenvalue weighted by Gasteiger charge is -2.31. The Kier molecular flexibility index (Phi) is 5.59. The molecule has 0 radical (unpaired) electrons. The average molecular weight is 637 g/mol. The normalized spacial score (nSPS) is 13.4. The van der Waals surface area contributed by atoms with Crippen LogP contribution in [0.1, 0.15) is 22.3 Å². The van der Waals surface area contributed by atoms with Gasteiger partial charge in [0.05, 0.1) is 16.8 Å². The Morgan fingerprint density at radius 2 is 0.980 bits per heavy atom. The van der Waals surface area contributed by atoms with Gasteiger partial charge in [0.2, 0.25) is 0 Å². The zero-order valence-electron chi connectivity index (χ0n) is 27.0. The predicted molar refractivity (Wildman–Crippen MR) is 202 cm³/mol. The standard InChI is InChI=1S/C47H28N2O/c1-2-15-30(16-3-1)46-48-40(34-22-12-17-29-14-4-5-18-31(29)34)28-41(49-46)35-23-13-24-37-43(35)47(44-36-21-8-11-27-42(36)50-45(37)44)38-25-9-6-19-32(38)33-20-7-10-26-39(33)47/h1-28H. The van der Waals surface area contributed by atoms with Gasteiger partial charge in [0.15, 0.2) is 5.82 Å². The Morgan fingerprint density at radius 3 is 1.78 bits per heavy atom. The largest absolute Gasteiger partial charge is 0.456 e.